The van der Waals surface area contributed by atoms with E-state index in [4.69, 9.17) is 19.6 Å². The van der Waals surface area contributed by atoms with Crippen LogP contribution < -0.4 is 0 Å². The first kappa shape index (κ1) is 27.5. The van der Waals surface area contributed by atoms with E-state index in [9.17, 15) is 4.79 Å². The summed E-state index contributed by atoms with van der Waals surface area (Å²) in [7, 11) is 0. The summed E-state index contributed by atoms with van der Waals surface area (Å²) < 4.78 is 13.6. The highest BCUT2D eigenvalue weighted by Crippen LogP contribution is 2.30. The number of hydrogen-bond acceptors (Lipinski definition) is 5. The number of nitrogens with zero attached hydrogens (tertiary/aromatic N) is 5. The number of aryl methyl sites for hydroxylation is 4. The Morgan fingerprint density at radius 1 is 0.976 bits per heavy atom. The fraction of sp³-hybridized carbons (Fsp3) is 0.469. The van der Waals surface area contributed by atoms with Crippen LogP contribution >= 0.6 is 0 Å². The first-order valence-electron chi connectivity index (χ1n) is 14.7. The Bertz CT molecular complexity index is 1510. The van der Waals surface area contributed by atoms with Gasteiger partial charge in [-0.3, -0.25) is 0 Å². The normalized spacial score (nSPS) is 17.8. The average Bonchev–Trinajstić information content (AvgIpc) is 3.58. The van der Waals surface area contributed by atoms with Gasteiger partial charge in [-0.05, 0) is 81.3 Å². The maximum Gasteiger partial charge on any atom is 0.320 e. The van der Waals surface area contributed by atoms with Crippen molar-refractivity contribution in [1.29, 1.82) is 0 Å². The van der Waals surface area contributed by atoms with Crippen LogP contribution in [0.5, 0.6) is 0 Å². The monoisotopic (exact) mass is 556 g/mol. The lowest BCUT2D eigenvalue weighted by molar-refractivity contribution is -0.0394. The Morgan fingerprint density at radius 2 is 1.76 bits per heavy atom. The molecule has 0 radical (unpaired) electrons. The van der Waals surface area contributed by atoms with Crippen molar-refractivity contribution < 1.29 is 14.3 Å². The molecule has 2 saturated heterocycles. The highest BCUT2D eigenvalue weighted by atomic mass is 16.5. The lowest BCUT2D eigenvalue weighted by Gasteiger charge is -2.33. The molecule has 0 saturated carbocycles. The molecule has 2 fully saturated rings. The fourth-order valence-electron chi connectivity index (χ4n) is 5.79. The summed E-state index contributed by atoms with van der Waals surface area (Å²) in [6, 6.07) is 10.7. The van der Waals surface area contributed by atoms with Crippen molar-refractivity contribution in [2.24, 2.45) is 0 Å². The van der Waals surface area contributed by atoms with Crippen molar-refractivity contribution >= 4 is 17.1 Å². The van der Waals surface area contributed by atoms with E-state index in [1.807, 2.05) is 14.5 Å². The molecule has 1 atom stereocenters. The van der Waals surface area contributed by atoms with E-state index in [1.165, 1.54) is 22.3 Å². The predicted octanol–water partition coefficient (Wildman–Crippen LogP) is 5.81. The number of amides is 2. The van der Waals surface area contributed by atoms with Gasteiger partial charge in [0.1, 0.15) is 11.9 Å². The van der Waals surface area contributed by atoms with Crippen molar-refractivity contribution in [3.8, 4) is 11.5 Å². The van der Waals surface area contributed by atoms with Crippen molar-refractivity contribution in [3.63, 3.8) is 0 Å². The van der Waals surface area contributed by atoms with Crippen LogP contribution in [-0.4, -0.2) is 68.5 Å². The fourth-order valence-corrected chi connectivity index (χ4v) is 5.79. The quantitative estimate of drug-likeness (QED) is 0.324. The molecule has 0 aliphatic carbocycles. The molecule has 2 aliphatic rings. The zero-order chi connectivity index (χ0) is 28.5. The van der Waals surface area contributed by atoms with Gasteiger partial charge in [0.05, 0.1) is 30.8 Å². The molecule has 4 heterocycles. The van der Waals surface area contributed by atoms with Crippen LogP contribution in [0.15, 0.2) is 36.5 Å². The molecule has 1 N–H and O–H groups in total. The number of carbonyl (C=O) groups excluding carboxylic acids is 1. The Kier molecular flexibility index (Phi) is 7.81. The van der Waals surface area contributed by atoms with Crippen LogP contribution in [0.4, 0.5) is 4.79 Å². The third-order valence-electron chi connectivity index (χ3n) is 8.35. The number of aromatic amines is 1. The van der Waals surface area contributed by atoms with E-state index in [0.717, 1.165) is 53.7 Å². The second-order valence-electron chi connectivity index (χ2n) is 11.5. The number of nitrogens with one attached hydrogen (secondary N) is 1. The van der Waals surface area contributed by atoms with E-state index in [2.05, 4.69) is 69.2 Å². The number of urea groups is 1. The SMILES string of the molecule is Cc1ccc(CN(Cc2cn(C3CCCCO3)nc2-c2nc3cc(C)c(C)cc3[nH]2)C(=O)N2CCOCC2)c(C)c1. The van der Waals surface area contributed by atoms with E-state index in [0.29, 0.717) is 45.2 Å². The van der Waals surface area contributed by atoms with Crippen molar-refractivity contribution in [2.45, 2.75) is 66.3 Å². The number of imidazole rings is 1. The number of carbonyl (C=O) groups is 1. The average molecular weight is 557 g/mol. The summed E-state index contributed by atoms with van der Waals surface area (Å²) in [6.45, 7) is 12.4. The van der Waals surface area contributed by atoms with Gasteiger partial charge in [-0.15, -0.1) is 0 Å². The van der Waals surface area contributed by atoms with Gasteiger partial charge in [0, 0.05) is 38.0 Å². The van der Waals surface area contributed by atoms with Gasteiger partial charge in [0.25, 0.3) is 0 Å². The number of rotatable bonds is 6. The van der Waals surface area contributed by atoms with Crippen LogP contribution in [0, 0.1) is 27.7 Å². The number of fused-ring (bicyclic) bond motifs is 1. The van der Waals surface area contributed by atoms with Crippen LogP contribution in [0.1, 0.15) is 58.9 Å². The number of morpholine rings is 1. The maximum absolute atomic E-state index is 14.0. The van der Waals surface area contributed by atoms with Gasteiger partial charge in [-0.2, -0.15) is 5.10 Å². The third-order valence-corrected chi connectivity index (χ3v) is 8.35. The molecule has 2 amide bonds. The Balaban J connectivity index is 1.40. The molecular weight excluding hydrogens is 516 g/mol. The van der Waals surface area contributed by atoms with Gasteiger partial charge in [0.2, 0.25) is 0 Å². The van der Waals surface area contributed by atoms with Gasteiger partial charge >= 0.3 is 6.03 Å². The summed E-state index contributed by atoms with van der Waals surface area (Å²) >= 11 is 0. The van der Waals surface area contributed by atoms with Crippen LogP contribution in [-0.2, 0) is 22.6 Å². The topological polar surface area (TPSA) is 88.5 Å². The largest absolute Gasteiger partial charge is 0.378 e. The van der Waals surface area contributed by atoms with Crippen LogP contribution in [0.3, 0.4) is 0 Å². The molecule has 2 aliphatic heterocycles. The molecule has 9 nitrogen and oxygen atoms in total. The number of benzene rings is 2. The lowest BCUT2D eigenvalue weighted by Crippen LogP contribution is -2.47. The van der Waals surface area contributed by atoms with E-state index < -0.39 is 0 Å². The first-order valence-corrected chi connectivity index (χ1v) is 14.7. The van der Waals surface area contributed by atoms with Crippen LogP contribution in [0.2, 0.25) is 0 Å². The second-order valence-corrected chi connectivity index (χ2v) is 11.5. The summed E-state index contributed by atoms with van der Waals surface area (Å²) in [4.78, 5) is 26.3. The molecule has 0 bridgehead atoms. The number of ether oxygens (including phenoxy) is 2. The highest BCUT2D eigenvalue weighted by Gasteiger charge is 2.28. The van der Waals surface area contributed by atoms with E-state index in [1.54, 1.807) is 0 Å². The minimum absolute atomic E-state index is 0.0109. The molecule has 6 rings (SSSR count). The van der Waals surface area contributed by atoms with Gasteiger partial charge in [-0.25, -0.2) is 14.5 Å². The third kappa shape index (κ3) is 5.87. The van der Waals surface area contributed by atoms with Gasteiger partial charge in [0.15, 0.2) is 5.82 Å². The van der Waals surface area contributed by atoms with E-state index >= 15 is 0 Å². The maximum atomic E-state index is 14.0. The molecular formula is C32H40N6O3. The summed E-state index contributed by atoms with van der Waals surface area (Å²) in [6.07, 6.45) is 5.02. The predicted molar refractivity (Wildman–Crippen MR) is 159 cm³/mol. The van der Waals surface area contributed by atoms with Crippen molar-refractivity contribution in [2.75, 3.05) is 32.9 Å². The van der Waals surface area contributed by atoms with Crippen LogP contribution in [0.25, 0.3) is 22.6 Å². The van der Waals surface area contributed by atoms with Gasteiger partial charge < -0.3 is 24.3 Å². The highest BCUT2D eigenvalue weighted by molar-refractivity contribution is 5.81. The Hall–Kier alpha value is -3.69. The zero-order valence-corrected chi connectivity index (χ0v) is 24.6. The summed E-state index contributed by atoms with van der Waals surface area (Å²) in [5.41, 5.74) is 9.53. The first-order chi connectivity index (χ1) is 19.9. The van der Waals surface area contributed by atoms with Crippen molar-refractivity contribution in [3.05, 3.63) is 69.9 Å². The van der Waals surface area contributed by atoms with E-state index in [-0.39, 0.29) is 12.3 Å². The molecule has 41 heavy (non-hydrogen) atoms. The smallest absolute Gasteiger partial charge is 0.320 e. The number of hydrogen-bond donors (Lipinski definition) is 1. The standard InChI is InChI=1S/C32H40N6O3/c1-21-8-9-25(24(4)15-21)18-37(32(39)36-10-13-40-14-11-36)19-26-20-38(29-7-5-6-12-41-29)35-30(26)31-33-27-16-22(2)23(3)17-28(27)34-31/h8-9,15-17,20,29H,5-7,10-14,18-19H2,1-4H3,(H,33,34). The van der Waals surface area contributed by atoms with Crippen molar-refractivity contribution in [1.82, 2.24) is 29.5 Å². The zero-order valence-electron chi connectivity index (χ0n) is 24.6. The molecule has 9 heteroatoms. The summed E-state index contributed by atoms with van der Waals surface area (Å²) in [5.74, 6) is 0.708. The minimum atomic E-state index is -0.118. The van der Waals surface area contributed by atoms with Gasteiger partial charge in [-0.1, -0.05) is 23.8 Å². The lowest BCUT2D eigenvalue weighted by atomic mass is 10.1. The molecule has 1 unspecified atom stereocenters. The Labute approximate surface area is 241 Å². The molecule has 2 aromatic carbocycles. The second kappa shape index (κ2) is 11.7. The molecule has 2 aromatic heterocycles. The molecule has 216 valence electrons. The minimum Gasteiger partial charge on any atom is -0.378 e. The summed E-state index contributed by atoms with van der Waals surface area (Å²) in [5, 5.41) is 5.03. The molecule has 4 aromatic rings. The Morgan fingerprint density at radius 3 is 2.51 bits per heavy atom. The number of H-pyrrole nitrogens is 1. The number of aromatic nitrogens is 4. The molecule has 0 spiro atoms.